The van der Waals surface area contributed by atoms with Crippen molar-refractivity contribution in [2.24, 2.45) is 0 Å². The molecule has 0 unspecified atom stereocenters. The molecule has 5 rings (SSSR count). The van der Waals surface area contributed by atoms with Gasteiger partial charge in [-0.2, -0.15) is 0 Å². The van der Waals surface area contributed by atoms with E-state index < -0.39 is 22.8 Å². The molecule has 0 aliphatic carbocycles. The quantitative estimate of drug-likeness (QED) is 0.223. The van der Waals surface area contributed by atoms with Gasteiger partial charge in [-0.15, -0.1) is 0 Å². The first kappa shape index (κ1) is 32.8. The van der Waals surface area contributed by atoms with E-state index in [0.717, 1.165) is 37.0 Å². The number of carboxylic acid groups (broad SMARTS) is 1. The van der Waals surface area contributed by atoms with Gasteiger partial charge in [-0.25, -0.2) is 9.18 Å². The lowest BCUT2D eigenvalue weighted by Gasteiger charge is -2.38. The van der Waals surface area contributed by atoms with Gasteiger partial charge in [-0.3, -0.25) is 9.69 Å². The summed E-state index contributed by atoms with van der Waals surface area (Å²) in [4.78, 5) is 31.7. The number of anilines is 2. The molecule has 1 saturated heterocycles. The Hall–Kier alpha value is -4.08. The van der Waals surface area contributed by atoms with Crippen molar-refractivity contribution < 1.29 is 19.0 Å². The first-order valence-electron chi connectivity index (χ1n) is 15.0. The lowest BCUT2D eigenvalue weighted by molar-refractivity contribution is 0.0695. The number of rotatable bonds is 9. The molecule has 234 valence electrons. The normalized spacial score (nSPS) is 13.2. The van der Waals surface area contributed by atoms with Crippen molar-refractivity contribution in [2.75, 3.05) is 56.2 Å². The number of aromatic nitrogens is 1. The minimum absolute atomic E-state index is 0.0603. The van der Waals surface area contributed by atoms with Gasteiger partial charge in [0, 0.05) is 44.6 Å². The van der Waals surface area contributed by atoms with Gasteiger partial charge in [0.1, 0.15) is 16.8 Å². The predicted molar refractivity (Wildman–Crippen MR) is 177 cm³/mol. The summed E-state index contributed by atoms with van der Waals surface area (Å²) in [6.45, 7) is 13.0. The van der Waals surface area contributed by atoms with Gasteiger partial charge >= 0.3 is 5.97 Å². The van der Waals surface area contributed by atoms with E-state index in [1.165, 1.54) is 13.3 Å². The zero-order chi connectivity index (χ0) is 32.0. The highest BCUT2D eigenvalue weighted by atomic mass is 35.5. The van der Waals surface area contributed by atoms with E-state index in [1.54, 1.807) is 4.57 Å². The van der Waals surface area contributed by atoms with E-state index in [-0.39, 0.29) is 16.8 Å². The molecule has 2 heterocycles. The average Bonchev–Trinajstić information content (AvgIpc) is 3.05. The van der Waals surface area contributed by atoms with Crippen LogP contribution in [0, 0.1) is 5.82 Å². The molecule has 1 aromatic heterocycles. The highest BCUT2D eigenvalue weighted by Crippen LogP contribution is 2.40. The van der Waals surface area contributed by atoms with Crippen molar-refractivity contribution in [3.05, 3.63) is 93.0 Å². The molecule has 0 saturated carbocycles. The van der Waals surface area contributed by atoms with E-state index in [1.807, 2.05) is 67.3 Å². The van der Waals surface area contributed by atoms with Gasteiger partial charge in [0.15, 0.2) is 11.6 Å². The third kappa shape index (κ3) is 6.54. The third-order valence-electron chi connectivity index (χ3n) is 7.91. The number of aromatic carboxylic acids is 1. The lowest BCUT2D eigenvalue weighted by Crippen LogP contribution is -2.47. The summed E-state index contributed by atoms with van der Waals surface area (Å²) in [5, 5.41) is 10.4. The number of benzene rings is 3. The number of carboxylic acids is 1. The number of nitrogens with zero attached hydrogens (tertiary/aromatic N) is 4. The number of methoxy groups -OCH3 is 1. The highest BCUT2D eigenvalue weighted by Gasteiger charge is 2.28. The summed E-state index contributed by atoms with van der Waals surface area (Å²) in [6, 6.07) is 16.4. The summed E-state index contributed by atoms with van der Waals surface area (Å²) in [5.41, 5.74) is 1.99. The molecule has 3 aromatic carbocycles. The fraction of sp³-hybridized carbons (Fsp3) is 0.353. The summed E-state index contributed by atoms with van der Waals surface area (Å²) in [7, 11) is 1.44. The third-order valence-corrected chi connectivity index (χ3v) is 8.23. The maximum absolute atomic E-state index is 15.9. The Morgan fingerprint density at radius 3 is 2.18 bits per heavy atom. The minimum atomic E-state index is -1.38. The zero-order valence-corrected chi connectivity index (χ0v) is 26.7. The lowest BCUT2D eigenvalue weighted by atomic mass is 10.1. The number of para-hydroxylation sites is 1. The van der Waals surface area contributed by atoms with Crippen LogP contribution in [-0.4, -0.2) is 66.9 Å². The summed E-state index contributed by atoms with van der Waals surface area (Å²) < 4.78 is 23.3. The van der Waals surface area contributed by atoms with Crippen LogP contribution in [0.5, 0.6) is 5.75 Å². The van der Waals surface area contributed by atoms with Crippen molar-refractivity contribution in [2.45, 2.75) is 34.2 Å². The van der Waals surface area contributed by atoms with Crippen LogP contribution >= 0.6 is 11.6 Å². The Labute approximate surface area is 262 Å². The standard InChI is InChI=1S/C32H34ClFN4O4.C2H6/c1-4-35(5-2)19-21-10-12-22(13-11-21)38-20-24(32(40)41)30(39)23-18-26(34)29(31(42-3)28(23)38)37-16-14-36(15-17-37)27-9-7-6-8-25(27)33;1-2/h6-13,18,20H,4-5,14-17,19H2,1-3H3,(H,40,41);1-2H3. The second-order valence-electron chi connectivity index (χ2n) is 10.2. The van der Waals surface area contributed by atoms with Gasteiger partial charge in [-0.05, 0) is 49.0 Å². The molecule has 0 amide bonds. The van der Waals surface area contributed by atoms with Gasteiger partial charge in [0.2, 0.25) is 5.43 Å². The van der Waals surface area contributed by atoms with Crippen LogP contribution in [0.4, 0.5) is 15.8 Å². The first-order chi connectivity index (χ1) is 21.3. The van der Waals surface area contributed by atoms with Crippen molar-refractivity contribution in [3.63, 3.8) is 0 Å². The molecule has 0 spiro atoms. The van der Waals surface area contributed by atoms with Gasteiger partial charge < -0.3 is 24.2 Å². The van der Waals surface area contributed by atoms with Crippen molar-refractivity contribution >= 4 is 39.8 Å². The molecule has 0 radical (unpaired) electrons. The maximum atomic E-state index is 15.9. The molecule has 1 N–H and O–H groups in total. The van der Waals surface area contributed by atoms with Crippen molar-refractivity contribution in [1.82, 2.24) is 9.47 Å². The maximum Gasteiger partial charge on any atom is 0.341 e. The van der Waals surface area contributed by atoms with E-state index in [2.05, 4.69) is 23.6 Å². The fourth-order valence-electron chi connectivity index (χ4n) is 5.61. The number of ether oxygens (including phenoxy) is 1. The number of carbonyl (C=O) groups is 1. The second kappa shape index (κ2) is 14.6. The molecule has 0 bridgehead atoms. The molecule has 44 heavy (non-hydrogen) atoms. The molecule has 4 aromatic rings. The fourth-order valence-corrected chi connectivity index (χ4v) is 5.86. The Morgan fingerprint density at radius 1 is 1.00 bits per heavy atom. The average molecular weight is 623 g/mol. The molecule has 1 aliphatic heterocycles. The van der Waals surface area contributed by atoms with E-state index in [9.17, 15) is 14.7 Å². The van der Waals surface area contributed by atoms with Gasteiger partial charge in [0.25, 0.3) is 0 Å². The zero-order valence-electron chi connectivity index (χ0n) is 25.9. The molecule has 8 nitrogen and oxygen atoms in total. The molecule has 0 atom stereocenters. The highest BCUT2D eigenvalue weighted by molar-refractivity contribution is 6.33. The predicted octanol–water partition coefficient (Wildman–Crippen LogP) is 6.68. The van der Waals surface area contributed by atoms with Crippen LogP contribution in [0.1, 0.15) is 43.6 Å². The second-order valence-corrected chi connectivity index (χ2v) is 10.6. The number of piperazine rings is 1. The van der Waals surface area contributed by atoms with Crippen molar-refractivity contribution in [1.29, 1.82) is 0 Å². The van der Waals surface area contributed by atoms with Gasteiger partial charge in [-0.1, -0.05) is 63.6 Å². The van der Waals surface area contributed by atoms with Gasteiger partial charge in [0.05, 0.1) is 23.2 Å². The van der Waals surface area contributed by atoms with Crippen LogP contribution in [0.2, 0.25) is 5.02 Å². The van der Waals surface area contributed by atoms with Crippen LogP contribution in [0.15, 0.2) is 65.6 Å². The summed E-state index contributed by atoms with van der Waals surface area (Å²) >= 11 is 6.41. The largest absolute Gasteiger partial charge is 0.492 e. The number of hydrogen-bond donors (Lipinski definition) is 1. The summed E-state index contributed by atoms with van der Waals surface area (Å²) in [5.74, 6) is -1.85. The Kier molecular flexibility index (Phi) is 10.9. The van der Waals surface area contributed by atoms with E-state index in [0.29, 0.717) is 42.4 Å². The summed E-state index contributed by atoms with van der Waals surface area (Å²) in [6.07, 6.45) is 1.30. The molecule has 1 fully saturated rings. The topological polar surface area (TPSA) is 78.2 Å². The van der Waals surface area contributed by atoms with Crippen molar-refractivity contribution in [3.8, 4) is 11.4 Å². The van der Waals surface area contributed by atoms with E-state index in [4.69, 9.17) is 16.3 Å². The van der Waals surface area contributed by atoms with Crippen LogP contribution in [0.3, 0.4) is 0 Å². The van der Waals surface area contributed by atoms with Crippen LogP contribution in [-0.2, 0) is 6.54 Å². The molecular weight excluding hydrogens is 583 g/mol. The SMILES string of the molecule is CC.CCN(CC)Cc1ccc(-n2cc(C(=O)O)c(=O)c3cc(F)c(N4CCN(c5ccccc5Cl)CC4)c(OC)c32)cc1. The smallest absolute Gasteiger partial charge is 0.341 e. The first-order valence-corrected chi connectivity index (χ1v) is 15.4. The minimum Gasteiger partial charge on any atom is -0.492 e. The number of halogens is 2. The Bertz CT molecular complexity index is 1660. The van der Waals surface area contributed by atoms with Crippen LogP contribution in [0.25, 0.3) is 16.6 Å². The monoisotopic (exact) mass is 622 g/mol. The Balaban J connectivity index is 0.00000216. The van der Waals surface area contributed by atoms with Crippen LogP contribution < -0.4 is 20.0 Å². The number of hydrogen-bond acceptors (Lipinski definition) is 6. The van der Waals surface area contributed by atoms with E-state index >= 15 is 4.39 Å². The molecule has 10 heteroatoms. The molecular formula is C34H40ClFN4O4. The number of fused-ring (bicyclic) bond motifs is 1. The number of pyridine rings is 1. The molecule has 1 aliphatic rings. The Morgan fingerprint density at radius 2 is 1.61 bits per heavy atom.